The minimum Gasteiger partial charge on any atom is -0.397 e. The molecule has 0 saturated carbocycles. The lowest BCUT2D eigenvalue weighted by Gasteiger charge is -2.11. The summed E-state index contributed by atoms with van der Waals surface area (Å²) in [6.45, 7) is 1.12. The standard InChI is InChI=1S/C11H13ClN2O2/c12-8-1-2-9(13)10(5-8)14-11(15)7-3-4-16-6-7/h1-2,5,7H,3-4,6,13H2,(H,14,15). The summed E-state index contributed by atoms with van der Waals surface area (Å²) in [7, 11) is 0. The summed E-state index contributed by atoms with van der Waals surface area (Å²) >= 11 is 5.83. The Balaban J connectivity index is 2.07. The van der Waals surface area contributed by atoms with Gasteiger partial charge >= 0.3 is 0 Å². The summed E-state index contributed by atoms with van der Waals surface area (Å²) in [6, 6.07) is 5.00. The molecule has 1 fully saturated rings. The average Bonchev–Trinajstić information content (AvgIpc) is 2.76. The number of nitrogens with one attached hydrogen (secondary N) is 1. The number of nitrogen functional groups attached to an aromatic ring is 1. The predicted octanol–water partition coefficient (Wildman–Crippen LogP) is 1.90. The first-order valence-electron chi connectivity index (χ1n) is 5.10. The Kier molecular flexibility index (Phi) is 3.31. The molecule has 2 rings (SSSR count). The van der Waals surface area contributed by atoms with E-state index in [2.05, 4.69) is 5.32 Å². The Bertz CT molecular complexity index is 403. The molecule has 86 valence electrons. The number of benzene rings is 1. The Morgan fingerprint density at radius 1 is 1.56 bits per heavy atom. The summed E-state index contributed by atoms with van der Waals surface area (Å²) < 4.78 is 5.15. The topological polar surface area (TPSA) is 64.3 Å². The van der Waals surface area contributed by atoms with Gasteiger partial charge in [-0.2, -0.15) is 0 Å². The van der Waals surface area contributed by atoms with Gasteiger partial charge < -0.3 is 15.8 Å². The molecule has 1 unspecified atom stereocenters. The van der Waals surface area contributed by atoms with Crippen molar-refractivity contribution in [1.29, 1.82) is 0 Å². The van der Waals surface area contributed by atoms with Crippen LogP contribution < -0.4 is 11.1 Å². The van der Waals surface area contributed by atoms with Gasteiger partial charge in [-0.05, 0) is 24.6 Å². The average molecular weight is 241 g/mol. The number of hydrogen-bond donors (Lipinski definition) is 2. The largest absolute Gasteiger partial charge is 0.397 e. The van der Waals surface area contributed by atoms with Gasteiger partial charge in [-0.25, -0.2) is 0 Å². The summed E-state index contributed by atoms with van der Waals surface area (Å²) in [5.74, 6) is -0.148. The molecule has 1 amide bonds. The van der Waals surface area contributed by atoms with Gasteiger partial charge in [0.15, 0.2) is 0 Å². The third kappa shape index (κ3) is 2.46. The Hall–Kier alpha value is -1.26. The van der Waals surface area contributed by atoms with Crippen molar-refractivity contribution in [1.82, 2.24) is 0 Å². The molecule has 0 aliphatic carbocycles. The maximum absolute atomic E-state index is 11.8. The van der Waals surface area contributed by atoms with Crippen LogP contribution in [-0.4, -0.2) is 19.1 Å². The molecule has 1 aliphatic heterocycles. The van der Waals surface area contributed by atoms with Crippen molar-refractivity contribution in [2.75, 3.05) is 24.3 Å². The molecule has 0 aromatic heterocycles. The van der Waals surface area contributed by atoms with Crippen molar-refractivity contribution in [2.24, 2.45) is 5.92 Å². The van der Waals surface area contributed by atoms with Gasteiger partial charge in [-0.3, -0.25) is 4.79 Å². The van der Waals surface area contributed by atoms with E-state index in [1.807, 2.05) is 0 Å². The fraction of sp³-hybridized carbons (Fsp3) is 0.364. The zero-order valence-corrected chi connectivity index (χ0v) is 9.46. The molecule has 1 atom stereocenters. The first kappa shape index (κ1) is 11.2. The van der Waals surface area contributed by atoms with Crippen LogP contribution in [0.5, 0.6) is 0 Å². The predicted molar refractivity (Wildman–Crippen MR) is 63.4 cm³/mol. The molecule has 0 radical (unpaired) electrons. The van der Waals surface area contributed by atoms with Gasteiger partial charge in [0, 0.05) is 11.6 Å². The highest BCUT2D eigenvalue weighted by Crippen LogP contribution is 2.24. The van der Waals surface area contributed by atoms with Crippen LogP contribution in [0.4, 0.5) is 11.4 Å². The van der Waals surface area contributed by atoms with Crippen molar-refractivity contribution in [3.8, 4) is 0 Å². The molecule has 1 aromatic rings. The van der Waals surface area contributed by atoms with Gasteiger partial charge in [0.2, 0.25) is 5.91 Å². The summed E-state index contributed by atoms with van der Waals surface area (Å²) in [4.78, 5) is 11.8. The zero-order valence-electron chi connectivity index (χ0n) is 8.70. The van der Waals surface area contributed by atoms with Crippen LogP contribution in [0.15, 0.2) is 18.2 Å². The third-order valence-electron chi connectivity index (χ3n) is 2.57. The fourth-order valence-electron chi connectivity index (χ4n) is 1.61. The van der Waals surface area contributed by atoms with E-state index in [1.165, 1.54) is 0 Å². The first-order valence-corrected chi connectivity index (χ1v) is 5.48. The number of nitrogens with two attached hydrogens (primary N) is 1. The minimum atomic E-state index is -0.0848. The van der Waals surface area contributed by atoms with E-state index in [0.717, 1.165) is 6.42 Å². The molecule has 1 aromatic carbocycles. The molecule has 1 aliphatic rings. The number of hydrogen-bond acceptors (Lipinski definition) is 3. The summed E-state index contributed by atoms with van der Waals surface area (Å²) in [5.41, 5.74) is 6.80. The van der Waals surface area contributed by atoms with E-state index in [-0.39, 0.29) is 11.8 Å². The third-order valence-corrected chi connectivity index (χ3v) is 2.81. The van der Waals surface area contributed by atoms with Crippen molar-refractivity contribution in [2.45, 2.75) is 6.42 Å². The van der Waals surface area contributed by atoms with E-state index >= 15 is 0 Å². The number of amides is 1. The molecular formula is C11H13ClN2O2. The van der Waals surface area contributed by atoms with Crippen LogP contribution in [0, 0.1) is 5.92 Å². The lowest BCUT2D eigenvalue weighted by molar-refractivity contribution is -0.119. The Labute approximate surface area is 98.7 Å². The highest BCUT2D eigenvalue weighted by Gasteiger charge is 2.23. The normalized spacial score (nSPS) is 19.7. The maximum atomic E-state index is 11.8. The molecule has 1 heterocycles. The smallest absolute Gasteiger partial charge is 0.229 e. The van der Waals surface area contributed by atoms with Crippen LogP contribution in [0.2, 0.25) is 5.02 Å². The SMILES string of the molecule is Nc1ccc(Cl)cc1NC(=O)C1CCOC1. The van der Waals surface area contributed by atoms with E-state index in [4.69, 9.17) is 22.1 Å². The van der Waals surface area contributed by atoms with E-state index < -0.39 is 0 Å². The highest BCUT2D eigenvalue weighted by atomic mass is 35.5. The van der Waals surface area contributed by atoms with E-state index in [1.54, 1.807) is 18.2 Å². The molecule has 0 spiro atoms. The van der Waals surface area contributed by atoms with Crippen molar-refractivity contribution >= 4 is 28.9 Å². The molecule has 5 heteroatoms. The van der Waals surface area contributed by atoms with Crippen molar-refractivity contribution in [3.05, 3.63) is 23.2 Å². The Morgan fingerprint density at radius 2 is 2.38 bits per heavy atom. The maximum Gasteiger partial charge on any atom is 0.229 e. The van der Waals surface area contributed by atoms with Crippen molar-refractivity contribution in [3.63, 3.8) is 0 Å². The number of anilines is 2. The molecule has 3 N–H and O–H groups in total. The van der Waals surface area contributed by atoms with Crippen LogP contribution in [-0.2, 0) is 9.53 Å². The van der Waals surface area contributed by atoms with Gasteiger partial charge in [0.1, 0.15) is 0 Å². The van der Waals surface area contributed by atoms with Crippen LogP contribution in [0.1, 0.15) is 6.42 Å². The zero-order chi connectivity index (χ0) is 11.5. The number of carbonyl (C=O) groups is 1. The highest BCUT2D eigenvalue weighted by molar-refractivity contribution is 6.31. The first-order chi connectivity index (χ1) is 7.66. The monoisotopic (exact) mass is 240 g/mol. The number of carbonyl (C=O) groups excluding carboxylic acids is 1. The molecule has 0 bridgehead atoms. The fourth-order valence-corrected chi connectivity index (χ4v) is 1.78. The van der Waals surface area contributed by atoms with Gasteiger partial charge in [-0.15, -0.1) is 0 Å². The van der Waals surface area contributed by atoms with Crippen LogP contribution >= 0.6 is 11.6 Å². The number of halogens is 1. The molecule has 4 nitrogen and oxygen atoms in total. The lowest BCUT2D eigenvalue weighted by atomic mass is 10.1. The second-order valence-corrected chi connectivity index (χ2v) is 4.22. The van der Waals surface area contributed by atoms with Crippen molar-refractivity contribution < 1.29 is 9.53 Å². The quantitative estimate of drug-likeness (QED) is 0.776. The van der Waals surface area contributed by atoms with Gasteiger partial charge in [0.25, 0.3) is 0 Å². The van der Waals surface area contributed by atoms with E-state index in [0.29, 0.717) is 29.6 Å². The Morgan fingerprint density at radius 3 is 3.06 bits per heavy atom. The van der Waals surface area contributed by atoms with E-state index in [9.17, 15) is 4.79 Å². The van der Waals surface area contributed by atoms with Crippen LogP contribution in [0.25, 0.3) is 0 Å². The number of ether oxygens (including phenoxy) is 1. The summed E-state index contributed by atoms with van der Waals surface area (Å²) in [5, 5.41) is 3.31. The lowest BCUT2D eigenvalue weighted by Crippen LogP contribution is -2.23. The molecule has 1 saturated heterocycles. The summed E-state index contributed by atoms with van der Waals surface area (Å²) in [6.07, 6.45) is 0.756. The second-order valence-electron chi connectivity index (χ2n) is 3.78. The number of rotatable bonds is 2. The second kappa shape index (κ2) is 4.72. The van der Waals surface area contributed by atoms with Crippen LogP contribution in [0.3, 0.4) is 0 Å². The minimum absolute atomic E-state index is 0.0635. The van der Waals surface area contributed by atoms with Gasteiger partial charge in [0.05, 0.1) is 23.9 Å². The van der Waals surface area contributed by atoms with Gasteiger partial charge in [-0.1, -0.05) is 11.6 Å². The molecule has 16 heavy (non-hydrogen) atoms. The molecular weight excluding hydrogens is 228 g/mol.